The van der Waals surface area contributed by atoms with Crippen molar-refractivity contribution in [3.63, 3.8) is 0 Å². The Hall–Kier alpha value is -3.32. The summed E-state index contributed by atoms with van der Waals surface area (Å²) in [6, 6.07) is 16.1. The lowest BCUT2D eigenvalue weighted by molar-refractivity contribution is 0.102. The van der Waals surface area contributed by atoms with Gasteiger partial charge in [0.15, 0.2) is 5.16 Å². The maximum Gasteiger partial charge on any atom is 0.349 e. The van der Waals surface area contributed by atoms with Crippen molar-refractivity contribution in [3.8, 4) is 11.3 Å². The highest BCUT2D eigenvalue weighted by molar-refractivity contribution is 7.99. The summed E-state index contributed by atoms with van der Waals surface area (Å²) in [5, 5.41) is 4.49. The number of carbonyl (C=O) groups excluding carboxylic acids is 1. The molecular weight excluding hydrogens is 374 g/mol. The van der Waals surface area contributed by atoms with Gasteiger partial charge in [0.05, 0.1) is 5.69 Å². The second kappa shape index (κ2) is 6.69. The lowest BCUT2D eigenvalue weighted by Crippen LogP contribution is -2.20. The van der Waals surface area contributed by atoms with E-state index in [9.17, 15) is 9.59 Å². The third kappa shape index (κ3) is 2.99. The van der Waals surface area contributed by atoms with Crippen LogP contribution in [-0.2, 0) is 6.54 Å². The fraction of sp³-hybridized carbons (Fsp3) is 0.0952. The number of anilines is 1. The van der Waals surface area contributed by atoms with Crippen LogP contribution in [0.2, 0.25) is 0 Å². The van der Waals surface area contributed by atoms with Crippen LogP contribution in [0.3, 0.4) is 0 Å². The highest BCUT2D eigenvalue weighted by Crippen LogP contribution is 2.29. The molecule has 0 saturated carbocycles. The van der Waals surface area contributed by atoms with Gasteiger partial charge < -0.3 is 14.3 Å². The smallest absolute Gasteiger partial charge is 0.349 e. The van der Waals surface area contributed by atoms with Gasteiger partial charge in [-0.15, -0.1) is 0 Å². The van der Waals surface area contributed by atoms with Crippen molar-refractivity contribution in [3.05, 3.63) is 76.8 Å². The molecule has 138 valence electrons. The number of carbonyl (C=O) groups is 1. The van der Waals surface area contributed by atoms with Crippen molar-refractivity contribution in [1.82, 2.24) is 9.55 Å². The molecule has 5 rings (SSSR count). The summed E-state index contributed by atoms with van der Waals surface area (Å²) in [4.78, 5) is 29.3. The first-order valence-corrected chi connectivity index (χ1v) is 9.80. The Kier molecular flexibility index (Phi) is 4.02. The molecule has 0 fully saturated rings. The van der Waals surface area contributed by atoms with Crippen LogP contribution in [0.25, 0.3) is 22.2 Å². The van der Waals surface area contributed by atoms with Crippen molar-refractivity contribution in [2.75, 3.05) is 11.1 Å². The third-order valence-electron chi connectivity index (χ3n) is 4.63. The first-order valence-electron chi connectivity index (χ1n) is 8.82. The summed E-state index contributed by atoms with van der Waals surface area (Å²) < 4.78 is 7.38. The number of rotatable bonds is 3. The fourth-order valence-corrected chi connectivity index (χ4v) is 4.13. The number of hydrogen-bond acceptors (Lipinski definition) is 5. The van der Waals surface area contributed by atoms with E-state index in [-0.39, 0.29) is 5.56 Å². The van der Waals surface area contributed by atoms with Gasteiger partial charge in [-0.05, 0) is 24.3 Å². The number of thioether (sulfide) groups is 1. The van der Waals surface area contributed by atoms with Gasteiger partial charge in [-0.3, -0.25) is 4.79 Å². The third-order valence-corrected chi connectivity index (χ3v) is 5.60. The monoisotopic (exact) mass is 389 g/mol. The summed E-state index contributed by atoms with van der Waals surface area (Å²) in [5.41, 5.74) is 2.27. The molecule has 6 nitrogen and oxygen atoms in total. The zero-order chi connectivity index (χ0) is 19.1. The topological polar surface area (TPSA) is 77.1 Å². The van der Waals surface area contributed by atoms with Gasteiger partial charge in [0.1, 0.15) is 11.1 Å². The molecule has 0 unspecified atom stereocenters. The Morgan fingerprint density at radius 1 is 1.14 bits per heavy atom. The lowest BCUT2D eigenvalue weighted by Gasteiger charge is -2.06. The van der Waals surface area contributed by atoms with Gasteiger partial charge in [-0.2, -0.15) is 0 Å². The zero-order valence-electron chi connectivity index (χ0n) is 14.7. The van der Waals surface area contributed by atoms with Gasteiger partial charge >= 0.3 is 5.63 Å². The van der Waals surface area contributed by atoms with Crippen molar-refractivity contribution in [2.24, 2.45) is 0 Å². The molecule has 1 aliphatic rings. The molecule has 3 heterocycles. The van der Waals surface area contributed by atoms with E-state index in [0.29, 0.717) is 16.7 Å². The molecule has 2 aromatic carbocycles. The maximum absolute atomic E-state index is 12.5. The molecule has 0 aliphatic carbocycles. The number of nitrogens with one attached hydrogen (secondary N) is 1. The van der Waals surface area contributed by atoms with E-state index >= 15 is 0 Å². The molecule has 0 saturated heterocycles. The van der Waals surface area contributed by atoms with Crippen molar-refractivity contribution >= 4 is 34.3 Å². The second-order valence-electron chi connectivity index (χ2n) is 6.47. The summed E-state index contributed by atoms with van der Waals surface area (Å²) in [6.45, 7) is 0.982. The number of imidazole rings is 1. The molecule has 1 aliphatic heterocycles. The van der Waals surface area contributed by atoms with Crippen molar-refractivity contribution in [2.45, 2.75) is 11.7 Å². The number of aryl methyl sites for hydroxylation is 1. The minimum Gasteiger partial charge on any atom is -0.422 e. The van der Waals surface area contributed by atoms with Gasteiger partial charge in [-0.1, -0.05) is 42.1 Å². The molecule has 0 radical (unpaired) electrons. The largest absolute Gasteiger partial charge is 0.422 e. The minimum absolute atomic E-state index is 0.0228. The molecule has 2 aromatic heterocycles. The number of benzene rings is 2. The Labute approximate surface area is 164 Å². The van der Waals surface area contributed by atoms with Crippen LogP contribution in [-0.4, -0.2) is 21.2 Å². The highest BCUT2D eigenvalue weighted by Gasteiger charge is 2.16. The SMILES string of the molecule is O=C(Nc1ccc(-c2cn3c(n2)SCC3)cc1)c1cc2ccccc2oc1=O. The Morgan fingerprint density at radius 2 is 1.96 bits per heavy atom. The Bertz CT molecular complexity index is 1240. The van der Waals surface area contributed by atoms with Gasteiger partial charge in [0.2, 0.25) is 0 Å². The van der Waals surface area contributed by atoms with Gasteiger partial charge in [-0.25, -0.2) is 9.78 Å². The predicted molar refractivity (Wildman–Crippen MR) is 109 cm³/mol. The van der Waals surface area contributed by atoms with Gasteiger partial charge in [0, 0.05) is 35.1 Å². The number of nitrogens with zero attached hydrogens (tertiary/aromatic N) is 2. The predicted octanol–water partition coefficient (Wildman–Crippen LogP) is 4.01. The number of aromatic nitrogens is 2. The highest BCUT2D eigenvalue weighted by atomic mass is 32.2. The quantitative estimate of drug-likeness (QED) is 0.536. The van der Waals surface area contributed by atoms with E-state index in [1.165, 1.54) is 0 Å². The molecule has 0 atom stereocenters. The first kappa shape index (κ1) is 16.8. The molecule has 0 spiro atoms. The van der Waals surface area contributed by atoms with Crippen LogP contribution >= 0.6 is 11.8 Å². The Morgan fingerprint density at radius 3 is 2.79 bits per heavy atom. The lowest BCUT2D eigenvalue weighted by atomic mass is 10.1. The zero-order valence-corrected chi connectivity index (χ0v) is 15.5. The second-order valence-corrected chi connectivity index (χ2v) is 7.53. The average molecular weight is 389 g/mol. The van der Waals surface area contributed by atoms with E-state index in [1.807, 2.05) is 24.4 Å². The van der Waals surface area contributed by atoms with Crippen LogP contribution in [0.4, 0.5) is 5.69 Å². The number of fused-ring (bicyclic) bond motifs is 2. The molecule has 7 heteroatoms. The van der Waals surface area contributed by atoms with E-state index in [1.54, 1.807) is 48.2 Å². The average Bonchev–Trinajstić information content (AvgIpc) is 3.30. The number of hydrogen-bond donors (Lipinski definition) is 1. The number of amides is 1. The van der Waals surface area contributed by atoms with Crippen LogP contribution in [0.1, 0.15) is 10.4 Å². The molecule has 4 aromatic rings. The summed E-state index contributed by atoms with van der Waals surface area (Å²) in [7, 11) is 0. The molecule has 1 amide bonds. The van der Waals surface area contributed by atoms with Crippen LogP contribution in [0.5, 0.6) is 0 Å². The molecular formula is C21H15N3O3S. The van der Waals surface area contributed by atoms with Crippen LogP contribution in [0, 0.1) is 0 Å². The van der Waals surface area contributed by atoms with E-state index in [2.05, 4.69) is 14.9 Å². The summed E-state index contributed by atoms with van der Waals surface area (Å²) in [5.74, 6) is 0.570. The maximum atomic E-state index is 12.5. The fourth-order valence-electron chi connectivity index (χ4n) is 3.19. The minimum atomic E-state index is -0.655. The standard InChI is InChI=1S/C21H15N3O3S/c25-19(16-11-14-3-1-2-4-18(14)27-20(16)26)22-15-7-5-13(6-8-15)17-12-24-9-10-28-21(24)23-17/h1-8,11-12H,9-10H2,(H,22,25). The van der Waals surface area contributed by atoms with Crippen molar-refractivity contribution in [1.29, 1.82) is 0 Å². The van der Waals surface area contributed by atoms with Crippen LogP contribution < -0.4 is 10.9 Å². The molecule has 28 heavy (non-hydrogen) atoms. The summed E-state index contributed by atoms with van der Waals surface area (Å²) in [6.07, 6.45) is 2.04. The normalized spacial score (nSPS) is 12.9. The van der Waals surface area contributed by atoms with Crippen LogP contribution in [0.15, 0.2) is 75.2 Å². The molecule has 1 N–H and O–H groups in total. The first-order chi connectivity index (χ1) is 13.7. The van der Waals surface area contributed by atoms with Gasteiger partial charge in [0.25, 0.3) is 5.91 Å². The van der Waals surface area contributed by atoms with E-state index in [4.69, 9.17) is 4.42 Å². The van der Waals surface area contributed by atoms with E-state index in [0.717, 1.165) is 28.7 Å². The molecule has 0 bridgehead atoms. The van der Waals surface area contributed by atoms with E-state index < -0.39 is 11.5 Å². The van der Waals surface area contributed by atoms with Crippen molar-refractivity contribution < 1.29 is 9.21 Å². The Balaban J connectivity index is 1.38. The summed E-state index contributed by atoms with van der Waals surface area (Å²) >= 11 is 1.75. The number of para-hydroxylation sites is 1.